The van der Waals surface area contributed by atoms with Crippen LogP contribution in [-0.4, -0.2) is 55.8 Å². The number of rotatable bonds is 9. The van der Waals surface area contributed by atoms with E-state index in [0.717, 1.165) is 18.2 Å². The fourth-order valence-electron chi connectivity index (χ4n) is 4.64. The van der Waals surface area contributed by atoms with Crippen molar-refractivity contribution in [2.24, 2.45) is 0 Å². The number of aromatic nitrogens is 1. The first-order valence-electron chi connectivity index (χ1n) is 12.1. The normalized spacial score (nSPS) is 14.4. The molecule has 0 bridgehead atoms. The predicted molar refractivity (Wildman–Crippen MR) is 152 cm³/mol. The first-order valence-corrected chi connectivity index (χ1v) is 15.8. The minimum atomic E-state index is -2.62. The van der Waals surface area contributed by atoms with Crippen LogP contribution in [0.3, 0.4) is 0 Å². The number of hydrogen-bond donors (Lipinski definition) is 1. The molecule has 3 aromatic rings. The van der Waals surface area contributed by atoms with Gasteiger partial charge in [-0.1, -0.05) is 93.2 Å². The Labute approximate surface area is 222 Å². The van der Waals surface area contributed by atoms with E-state index < -0.39 is 8.32 Å². The second-order valence-electron chi connectivity index (χ2n) is 9.92. The number of carbonyl (C=O) groups excluding carboxylic acids is 2. The topological polar surface area (TPSA) is 71.5 Å². The Morgan fingerprint density at radius 3 is 2.19 bits per heavy atom. The molecule has 0 radical (unpaired) electrons. The largest absolute Gasteiger partial charge is 0.406 e. The van der Waals surface area contributed by atoms with Gasteiger partial charge >= 0.3 is 0 Å². The van der Waals surface area contributed by atoms with Gasteiger partial charge in [0.2, 0.25) is 0 Å². The average molecular weight is 540 g/mol. The average Bonchev–Trinajstić information content (AvgIpc) is 3.31. The van der Waals surface area contributed by atoms with Crippen LogP contribution in [0, 0.1) is 0 Å². The zero-order chi connectivity index (χ0) is 25.8. The highest BCUT2D eigenvalue weighted by Crippen LogP contribution is 2.36. The van der Waals surface area contributed by atoms with Gasteiger partial charge in [-0.15, -0.1) is 11.3 Å². The first kappa shape index (κ1) is 26.6. The summed E-state index contributed by atoms with van der Waals surface area (Å²) >= 11 is 2.83. The predicted octanol–water partition coefficient (Wildman–Crippen LogP) is 3.92. The second kappa shape index (κ2) is 11.3. The summed E-state index contributed by atoms with van der Waals surface area (Å²) in [4.78, 5) is 30.7. The molecule has 1 aliphatic heterocycles. The zero-order valence-corrected chi connectivity index (χ0v) is 23.8. The lowest BCUT2D eigenvalue weighted by atomic mass is 10.2. The van der Waals surface area contributed by atoms with Crippen molar-refractivity contribution in [3.63, 3.8) is 0 Å². The Bertz CT molecular complexity index is 1140. The Hall–Kier alpha value is -2.46. The van der Waals surface area contributed by atoms with Crippen LogP contribution in [0.25, 0.3) is 0 Å². The summed E-state index contributed by atoms with van der Waals surface area (Å²) in [6.07, 6.45) is 0. The first-order chi connectivity index (χ1) is 17.2. The SMILES string of the molecule is CC(=O)SC1CN(c2nc(C(=O)NCCO[Si](c3ccccc3)(c3ccccc3)C(C)(C)C)cs2)C1. The molecular formula is C27H33N3O3S2Si. The summed E-state index contributed by atoms with van der Waals surface area (Å²) in [6.45, 7) is 10.7. The molecule has 1 fully saturated rings. The number of nitrogens with one attached hydrogen (secondary N) is 1. The fraction of sp³-hybridized carbons (Fsp3) is 0.370. The van der Waals surface area contributed by atoms with Gasteiger partial charge in [-0.05, 0) is 15.4 Å². The molecule has 0 saturated carbocycles. The lowest BCUT2D eigenvalue weighted by Crippen LogP contribution is -2.67. The van der Waals surface area contributed by atoms with Crippen molar-refractivity contribution >= 4 is 57.9 Å². The fourth-order valence-corrected chi connectivity index (χ4v) is 11.0. The minimum absolute atomic E-state index is 0.112. The Kier molecular flexibility index (Phi) is 8.34. The van der Waals surface area contributed by atoms with Gasteiger partial charge in [-0.2, -0.15) is 0 Å². The van der Waals surface area contributed by atoms with Gasteiger partial charge in [0, 0.05) is 37.2 Å². The lowest BCUT2D eigenvalue weighted by Gasteiger charge is -2.43. The van der Waals surface area contributed by atoms with Crippen LogP contribution in [0.4, 0.5) is 5.13 Å². The molecule has 0 spiro atoms. The third-order valence-electron chi connectivity index (χ3n) is 6.30. The van der Waals surface area contributed by atoms with Gasteiger partial charge < -0.3 is 14.6 Å². The molecule has 2 heterocycles. The van der Waals surface area contributed by atoms with Crippen molar-refractivity contribution in [2.75, 3.05) is 31.1 Å². The quantitative estimate of drug-likeness (QED) is 0.328. The number of hydrogen-bond acceptors (Lipinski definition) is 7. The van der Waals surface area contributed by atoms with E-state index in [1.807, 2.05) is 12.1 Å². The molecule has 1 aromatic heterocycles. The van der Waals surface area contributed by atoms with Gasteiger partial charge in [0.15, 0.2) is 10.2 Å². The summed E-state index contributed by atoms with van der Waals surface area (Å²) in [5, 5.41) is 8.37. The summed E-state index contributed by atoms with van der Waals surface area (Å²) in [5.74, 6) is -0.196. The van der Waals surface area contributed by atoms with Crippen molar-refractivity contribution < 1.29 is 14.0 Å². The van der Waals surface area contributed by atoms with Crippen molar-refractivity contribution in [1.29, 1.82) is 0 Å². The van der Waals surface area contributed by atoms with Crippen molar-refractivity contribution in [2.45, 2.75) is 38.0 Å². The van der Waals surface area contributed by atoms with Crippen molar-refractivity contribution in [3.8, 4) is 0 Å². The van der Waals surface area contributed by atoms with Crippen LogP contribution in [-0.2, 0) is 9.22 Å². The summed E-state index contributed by atoms with van der Waals surface area (Å²) in [5.41, 5.74) is 0.420. The van der Waals surface area contributed by atoms with Crippen LogP contribution < -0.4 is 20.6 Å². The maximum atomic E-state index is 12.8. The van der Waals surface area contributed by atoms with Gasteiger partial charge in [0.05, 0.1) is 6.61 Å². The molecule has 9 heteroatoms. The van der Waals surface area contributed by atoms with Gasteiger partial charge in [0.1, 0.15) is 5.69 Å². The standard InChI is InChI=1S/C27H33N3O3S2Si/c1-20(31)35-21-17-30(18-21)26-29-24(19-34-26)25(32)28-15-16-33-36(27(2,3)4,22-11-7-5-8-12-22)23-13-9-6-10-14-23/h5-14,19,21H,15-18H2,1-4H3,(H,28,32). The molecule has 4 rings (SSSR count). The van der Waals surface area contributed by atoms with Gasteiger partial charge in [-0.3, -0.25) is 9.59 Å². The number of carbonyl (C=O) groups is 2. The number of thiazole rings is 1. The van der Waals surface area contributed by atoms with Crippen LogP contribution in [0.1, 0.15) is 38.2 Å². The molecule has 0 atom stereocenters. The molecule has 0 aliphatic carbocycles. The maximum absolute atomic E-state index is 12.8. The van der Waals surface area contributed by atoms with E-state index in [1.54, 1.807) is 12.3 Å². The monoisotopic (exact) mass is 539 g/mol. The number of anilines is 1. The lowest BCUT2D eigenvalue weighted by molar-refractivity contribution is -0.109. The Balaban J connectivity index is 1.40. The molecular weight excluding hydrogens is 507 g/mol. The van der Waals surface area contributed by atoms with Crippen LogP contribution >= 0.6 is 23.1 Å². The third kappa shape index (κ3) is 5.75. The summed E-state index contributed by atoms with van der Waals surface area (Å²) < 4.78 is 6.83. The highest BCUT2D eigenvalue weighted by atomic mass is 32.2. The smallest absolute Gasteiger partial charge is 0.270 e. The molecule has 190 valence electrons. The minimum Gasteiger partial charge on any atom is -0.406 e. The van der Waals surface area contributed by atoms with Gasteiger partial charge in [0.25, 0.3) is 14.2 Å². The number of benzene rings is 2. The molecule has 0 unspecified atom stereocenters. The van der Waals surface area contributed by atoms with E-state index >= 15 is 0 Å². The van der Waals surface area contributed by atoms with E-state index in [2.05, 4.69) is 84.5 Å². The number of amides is 1. The molecule has 6 nitrogen and oxygen atoms in total. The van der Waals surface area contributed by atoms with E-state index in [1.165, 1.54) is 33.5 Å². The van der Waals surface area contributed by atoms with E-state index in [9.17, 15) is 9.59 Å². The molecule has 36 heavy (non-hydrogen) atoms. The molecule has 1 amide bonds. The van der Waals surface area contributed by atoms with Crippen LogP contribution in [0.2, 0.25) is 5.04 Å². The summed E-state index contributed by atoms with van der Waals surface area (Å²) in [7, 11) is -2.62. The van der Waals surface area contributed by atoms with E-state index in [0.29, 0.717) is 24.1 Å². The Morgan fingerprint density at radius 1 is 1.08 bits per heavy atom. The van der Waals surface area contributed by atoms with E-state index in [4.69, 9.17) is 4.43 Å². The number of nitrogens with zero attached hydrogens (tertiary/aromatic N) is 2. The summed E-state index contributed by atoms with van der Waals surface area (Å²) in [6, 6.07) is 21.0. The van der Waals surface area contributed by atoms with E-state index in [-0.39, 0.29) is 16.1 Å². The van der Waals surface area contributed by atoms with Crippen molar-refractivity contribution in [3.05, 3.63) is 71.7 Å². The third-order valence-corrected chi connectivity index (χ3v) is 13.2. The second-order valence-corrected chi connectivity index (χ2v) is 16.5. The highest BCUT2D eigenvalue weighted by molar-refractivity contribution is 8.14. The Morgan fingerprint density at radius 2 is 1.67 bits per heavy atom. The van der Waals surface area contributed by atoms with Crippen LogP contribution in [0.5, 0.6) is 0 Å². The van der Waals surface area contributed by atoms with Crippen molar-refractivity contribution in [1.82, 2.24) is 10.3 Å². The zero-order valence-electron chi connectivity index (χ0n) is 21.2. The molecule has 1 aliphatic rings. The molecule has 2 aromatic carbocycles. The van der Waals surface area contributed by atoms with Crippen LogP contribution in [0.15, 0.2) is 66.0 Å². The maximum Gasteiger partial charge on any atom is 0.270 e. The highest BCUT2D eigenvalue weighted by Gasteiger charge is 2.50. The molecule has 1 saturated heterocycles. The number of thioether (sulfide) groups is 1. The van der Waals surface area contributed by atoms with Gasteiger partial charge in [-0.25, -0.2) is 4.98 Å². The molecule has 1 N–H and O–H groups in total.